The standard InChI is InChI=1S/C19H30.2C3H6.4C2H6/c1-7-12-17(10-4)19(6)14-11-13-18(5,15-19)16(8-2)9-3;2*1-3-2;4*1-2/h7-10,12H,2,11,13-15H2,1,3-6H3;2*3H,1H2,2H3;4*1-2H3/b12-7-,16-9+,17-10+;;;;;;. The molecule has 1 aliphatic carbocycles. The Morgan fingerprint density at radius 3 is 1.15 bits per heavy atom. The van der Waals surface area contributed by atoms with Crippen molar-refractivity contribution >= 4 is 0 Å². The Bertz CT molecular complexity index is 480. The van der Waals surface area contributed by atoms with Crippen molar-refractivity contribution in [3.05, 3.63) is 73.4 Å². The van der Waals surface area contributed by atoms with Crippen LogP contribution in [0, 0.1) is 10.8 Å². The lowest BCUT2D eigenvalue weighted by atomic mass is 9.58. The van der Waals surface area contributed by atoms with Gasteiger partial charge in [0, 0.05) is 0 Å². The van der Waals surface area contributed by atoms with E-state index in [2.05, 4.69) is 84.7 Å². The highest BCUT2D eigenvalue weighted by atomic mass is 14.5. The first-order valence-electron chi connectivity index (χ1n) is 13.5. The van der Waals surface area contributed by atoms with Gasteiger partial charge in [0.05, 0.1) is 0 Å². The van der Waals surface area contributed by atoms with Gasteiger partial charge >= 0.3 is 0 Å². The maximum absolute atomic E-state index is 4.00. The second-order valence-corrected chi connectivity index (χ2v) is 7.16. The van der Waals surface area contributed by atoms with Gasteiger partial charge in [-0.05, 0) is 75.9 Å². The minimum Gasteiger partial charge on any atom is -0.103 e. The SMILES string of the molecule is C=C/C(=C\C)C1(C)CCCC(C)(C(/C=C\C)=C/C)C1.C=CC.C=CC.CC.CC.CC.CC. The van der Waals surface area contributed by atoms with Crippen molar-refractivity contribution in [2.75, 3.05) is 0 Å². The molecule has 0 N–H and O–H groups in total. The second-order valence-electron chi connectivity index (χ2n) is 7.16. The molecule has 2 atom stereocenters. The van der Waals surface area contributed by atoms with Crippen LogP contribution in [0.15, 0.2) is 73.4 Å². The average Bonchev–Trinajstić information content (AvgIpc) is 2.84. The lowest BCUT2D eigenvalue weighted by Crippen LogP contribution is -2.34. The summed E-state index contributed by atoms with van der Waals surface area (Å²) in [7, 11) is 0. The summed E-state index contributed by atoms with van der Waals surface area (Å²) >= 11 is 0. The van der Waals surface area contributed by atoms with E-state index < -0.39 is 0 Å². The van der Waals surface area contributed by atoms with Crippen LogP contribution in [0.2, 0.25) is 0 Å². The van der Waals surface area contributed by atoms with E-state index >= 15 is 0 Å². The Kier molecular flexibility index (Phi) is 47.8. The quantitative estimate of drug-likeness (QED) is 0.288. The van der Waals surface area contributed by atoms with Crippen molar-refractivity contribution in [3.63, 3.8) is 0 Å². The third kappa shape index (κ3) is 22.0. The molecule has 1 rings (SSSR count). The maximum atomic E-state index is 4.00. The van der Waals surface area contributed by atoms with Crippen LogP contribution in [-0.2, 0) is 0 Å². The van der Waals surface area contributed by atoms with Crippen LogP contribution >= 0.6 is 0 Å². The monoisotopic (exact) mass is 463 g/mol. The summed E-state index contributed by atoms with van der Waals surface area (Å²) in [6, 6.07) is 0. The predicted molar refractivity (Wildman–Crippen MR) is 164 cm³/mol. The minimum atomic E-state index is 0.277. The molecule has 0 heteroatoms. The summed E-state index contributed by atoms with van der Waals surface area (Å²) in [4.78, 5) is 0. The van der Waals surface area contributed by atoms with E-state index in [0.29, 0.717) is 5.41 Å². The van der Waals surface area contributed by atoms with E-state index in [9.17, 15) is 0 Å². The molecule has 1 fully saturated rings. The first kappa shape index (κ1) is 45.0. The molecule has 33 heavy (non-hydrogen) atoms. The number of hydrogen-bond acceptors (Lipinski definition) is 0. The van der Waals surface area contributed by atoms with Crippen molar-refractivity contribution in [1.82, 2.24) is 0 Å². The van der Waals surface area contributed by atoms with E-state index in [1.54, 1.807) is 12.2 Å². The van der Waals surface area contributed by atoms with Gasteiger partial charge in [0.25, 0.3) is 0 Å². The average molecular weight is 463 g/mol. The normalized spacial score (nSPS) is 20.9. The number of allylic oxidation sites excluding steroid dienone is 9. The highest BCUT2D eigenvalue weighted by Crippen LogP contribution is 2.53. The van der Waals surface area contributed by atoms with Crippen LogP contribution in [0.5, 0.6) is 0 Å². The fraction of sp³-hybridized carbons (Fsp3) is 0.636. The minimum absolute atomic E-state index is 0.277. The summed E-state index contributed by atoms with van der Waals surface area (Å²) in [5, 5.41) is 0. The Labute approximate surface area is 213 Å². The molecule has 0 saturated heterocycles. The molecule has 0 radical (unpaired) electrons. The Hall–Kier alpha value is -1.56. The van der Waals surface area contributed by atoms with E-state index in [0.717, 1.165) is 0 Å². The van der Waals surface area contributed by atoms with E-state index in [1.165, 1.54) is 36.8 Å². The van der Waals surface area contributed by atoms with Crippen LogP contribution in [-0.4, -0.2) is 0 Å². The Balaban J connectivity index is -0.000000109. The molecule has 0 bridgehead atoms. The molecule has 0 aromatic heterocycles. The zero-order chi connectivity index (χ0) is 27.9. The first-order valence-corrected chi connectivity index (χ1v) is 13.5. The number of hydrogen-bond donors (Lipinski definition) is 0. The smallest absolute Gasteiger partial charge is 0.00703 e. The molecule has 2 unspecified atom stereocenters. The van der Waals surface area contributed by atoms with Gasteiger partial charge in [-0.1, -0.05) is 125 Å². The van der Waals surface area contributed by atoms with Gasteiger partial charge in [0.2, 0.25) is 0 Å². The zero-order valence-electron chi connectivity index (χ0n) is 26.0. The summed E-state index contributed by atoms with van der Waals surface area (Å²) in [6.45, 7) is 41.7. The van der Waals surface area contributed by atoms with E-state index in [1.807, 2.05) is 69.2 Å². The first-order chi connectivity index (χ1) is 15.8. The van der Waals surface area contributed by atoms with Crippen molar-refractivity contribution in [1.29, 1.82) is 0 Å². The zero-order valence-corrected chi connectivity index (χ0v) is 26.0. The van der Waals surface area contributed by atoms with Crippen LogP contribution in [0.3, 0.4) is 0 Å². The lowest BCUT2D eigenvalue weighted by Gasteiger charge is -2.46. The fourth-order valence-electron chi connectivity index (χ4n) is 3.94. The topological polar surface area (TPSA) is 0 Å². The number of rotatable bonds is 4. The Morgan fingerprint density at radius 1 is 0.606 bits per heavy atom. The molecule has 0 aliphatic heterocycles. The third-order valence-electron chi connectivity index (χ3n) is 4.82. The summed E-state index contributed by atoms with van der Waals surface area (Å²) in [5.41, 5.74) is 3.47. The van der Waals surface area contributed by atoms with Crippen LogP contribution in [0.1, 0.15) is 130 Å². The molecule has 0 spiro atoms. The maximum Gasteiger partial charge on any atom is -0.00703 e. The van der Waals surface area contributed by atoms with Crippen LogP contribution < -0.4 is 0 Å². The van der Waals surface area contributed by atoms with Gasteiger partial charge < -0.3 is 0 Å². The van der Waals surface area contributed by atoms with Gasteiger partial charge in [0.15, 0.2) is 0 Å². The van der Waals surface area contributed by atoms with Gasteiger partial charge in [-0.15, -0.1) is 13.2 Å². The third-order valence-corrected chi connectivity index (χ3v) is 4.82. The fourth-order valence-corrected chi connectivity index (χ4v) is 3.94. The van der Waals surface area contributed by atoms with Gasteiger partial charge in [0.1, 0.15) is 0 Å². The summed E-state index contributed by atoms with van der Waals surface area (Å²) in [5.74, 6) is 0. The predicted octanol–water partition coefficient (Wildman–Crippen LogP) is 12.7. The van der Waals surface area contributed by atoms with Gasteiger partial charge in [-0.25, -0.2) is 0 Å². The van der Waals surface area contributed by atoms with E-state index in [-0.39, 0.29) is 5.41 Å². The van der Waals surface area contributed by atoms with Gasteiger partial charge in [-0.2, -0.15) is 0 Å². The van der Waals surface area contributed by atoms with Gasteiger partial charge in [-0.3, -0.25) is 0 Å². The van der Waals surface area contributed by atoms with Crippen LogP contribution in [0.4, 0.5) is 0 Å². The molecule has 0 amide bonds. The molecule has 0 nitrogen and oxygen atoms in total. The molecular formula is C33H66. The highest BCUT2D eigenvalue weighted by Gasteiger charge is 2.41. The van der Waals surface area contributed by atoms with E-state index in [4.69, 9.17) is 0 Å². The molecule has 0 aromatic carbocycles. The molecule has 0 aromatic rings. The molecular weight excluding hydrogens is 396 g/mol. The molecule has 1 saturated carbocycles. The summed E-state index contributed by atoms with van der Waals surface area (Å²) < 4.78 is 0. The van der Waals surface area contributed by atoms with Crippen molar-refractivity contribution in [2.24, 2.45) is 10.8 Å². The Morgan fingerprint density at radius 2 is 0.909 bits per heavy atom. The van der Waals surface area contributed by atoms with Crippen LogP contribution in [0.25, 0.3) is 0 Å². The molecule has 198 valence electrons. The lowest BCUT2D eigenvalue weighted by molar-refractivity contribution is 0.150. The molecule has 0 heterocycles. The largest absolute Gasteiger partial charge is 0.103 e. The second kappa shape index (κ2) is 35.0. The van der Waals surface area contributed by atoms with Crippen molar-refractivity contribution in [2.45, 2.75) is 130 Å². The molecule has 1 aliphatic rings. The van der Waals surface area contributed by atoms with Crippen molar-refractivity contribution in [3.8, 4) is 0 Å². The summed E-state index contributed by atoms with van der Waals surface area (Å²) in [6.07, 6.45) is 19.6. The highest BCUT2D eigenvalue weighted by molar-refractivity contribution is 5.31. The van der Waals surface area contributed by atoms with Crippen molar-refractivity contribution < 1.29 is 0 Å².